The van der Waals surface area contributed by atoms with Crippen molar-refractivity contribution >= 4 is 16.7 Å². The van der Waals surface area contributed by atoms with E-state index in [1.807, 2.05) is 18.2 Å². The fourth-order valence-electron chi connectivity index (χ4n) is 4.26. The van der Waals surface area contributed by atoms with Gasteiger partial charge in [0.1, 0.15) is 12.4 Å². The topological polar surface area (TPSA) is 38.8 Å². The van der Waals surface area contributed by atoms with E-state index < -0.39 is 0 Å². The number of esters is 1. The lowest BCUT2D eigenvalue weighted by Crippen LogP contribution is -2.40. The summed E-state index contributed by atoms with van der Waals surface area (Å²) < 4.78 is 10.7. The molecule has 4 heteroatoms. The number of methoxy groups -OCH3 is 1. The molecule has 4 nitrogen and oxygen atoms in total. The number of hydrogen-bond acceptors (Lipinski definition) is 4. The van der Waals surface area contributed by atoms with Crippen molar-refractivity contribution in [2.24, 2.45) is 0 Å². The summed E-state index contributed by atoms with van der Waals surface area (Å²) in [5.74, 6) is 0.683. The average molecular weight is 359 g/mol. The van der Waals surface area contributed by atoms with E-state index in [1.54, 1.807) is 7.11 Å². The molecule has 2 aliphatic heterocycles. The van der Waals surface area contributed by atoms with Crippen molar-refractivity contribution in [3.63, 3.8) is 0 Å². The first-order chi connectivity index (χ1) is 13.2. The van der Waals surface area contributed by atoms with E-state index in [4.69, 9.17) is 9.47 Å². The van der Waals surface area contributed by atoms with Crippen molar-refractivity contribution in [3.05, 3.63) is 76.9 Å². The molecule has 0 saturated carbocycles. The van der Waals surface area contributed by atoms with Gasteiger partial charge < -0.3 is 9.47 Å². The van der Waals surface area contributed by atoms with Crippen molar-refractivity contribution in [1.29, 1.82) is 0 Å². The quantitative estimate of drug-likeness (QED) is 0.645. The smallest absolute Gasteiger partial charge is 0.339 e. The summed E-state index contributed by atoms with van der Waals surface area (Å²) in [6.07, 6.45) is 1.15. The Balaban J connectivity index is 1.48. The molecule has 0 aromatic heterocycles. The lowest BCUT2D eigenvalue weighted by molar-refractivity contribution is 0.0463. The highest BCUT2D eigenvalue weighted by Crippen LogP contribution is 2.38. The molecular weight excluding hydrogens is 338 g/mol. The van der Waals surface area contributed by atoms with Gasteiger partial charge in [0.2, 0.25) is 0 Å². The van der Waals surface area contributed by atoms with Crippen LogP contribution in [-0.2, 0) is 17.9 Å². The summed E-state index contributed by atoms with van der Waals surface area (Å²) in [5, 5.41) is 2.22. The van der Waals surface area contributed by atoms with Gasteiger partial charge >= 0.3 is 5.97 Å². The number of carbonyl (C=O) groups excluding carboxylic acids is 1. The summed E-state index contributed by atoms with van der Waals surface area (Å²) in [5.41, 5.74) is 4.34. The predicted molar refractivity (Wildman–Crippen MR) is 104 cm³/mol. The normalized spacial score (nSPS) is 18.9. The van der Waals surface area contributed by atoms with Crippen LogP contribution in [0.2, 0.25) is 0 Å². The Kier molecular flexibility index (Phi) is 3.87. The minimum atomic E-state index is -0.219. The van der Waals surface area contributed by atoms with Gasteiger partial charge in [0.15, 0.2) is 0 Å². The standard InChI is InChI=1S/C23H21NO3/c1-26-18-5-2-4-15(12-18)21-10-11-24(21)13-16-8-9-17-14-27-23(25)20-7-3-6-19(16)22(17)20/h2-9,12,21H,10-11,13-14H2,1H3. The van der Waals surface area contributed by atoms with E-state index in [9.17, 15) is 4.79 Å². The Morgan fingerprint density at radius 1 is 1.15 bits per heavy atom. The predicted octanol–water partition coefficient (Wildman–Crippen LogP) is 4.47. The minimum Gasteiger partial charge on any atom is -0.497 e. The van der Waals surface area contributed by atoms with E-state index >= 15 is 0 Å². The SMILES string of the molecule is COc1cccc(C2CCN2Cc2ccc3c4c(cccc24)C(=O)OC3)c1. The molecule has 5 rings (SSSR count). The first-order valence-electron chi connectivity index (χ1n) is 9.33. The number of nitrogens with zero attached hydrogens (tertiary/aromatic N) is 1. The number of likely N-dealkylation sites (tertiary alicyclic amines) is 1. The van der Waals surface area contributed by atoms with Gasteiger partial charge in [-0.05, 0) is 46.7 Å². The fraction of sp³-hybridized carbons (Fsp3) is 0.261. The van der Waals surface area contributed by atoms with E-state index in [1.165, 1.54) is 11.1 Å². The molecule has 1 saturated heterocycles. The van der Waals surface area contributed by atoms with Crippen LogP contribution in [0.25, 0.3) is 10.8 Å². The zero-order chi connectivity index (χ0) is 18.4. The Labute approximate surface area is 158 Å². The van der Waals surface area contributed by atoms with Crippen LogP contribution >= 0.6 is 0 Å². The maximum atomic E-state index is 12.1. The highest BCUT2D eigenvalue weighted by molar-refractivity contribution is 6.08. The van der Waals surface area contributed by atoms with Gasteiger partial charge in [-0.25, -0.2) is 4.79 Å². The highest BCUT2D eigenvalue weighted by Gasteiger charge is 2.30. The molecule has 0 amide bonds. The van der Waals surface area contributed by atoms with Gasteiger partial charge in [0.05, 0.1) is 12.7 Å². The van der Waals surface area contributed by atoms with Crippen LogP contribution in [-0.4, -0.2) is 24.5 Å². The minimum absolute atomic E-state index is 0.219. The highest BCUT2D eigenvalue weighted by atomic mass is 16.5. The van der Waals surface area contributed by atoms with Crippen LogP contribution in [0.5, 0.6) is 5.75 Å². The van der Waals surface area contributed by atoms with Crippen LogP contribution in [0, 0.1) is 0 Å². The number of hydrogen-bond donors (Lipinski definition) is 0. The average Bonchev–Trinajstić information content (AvgIpc) is 2.69. The molecule has 2 heterocycles. The molecule has 0 radical (unpaired) electrons. The Hall–Kier alpha value is -2.85. The molecule has 136 valence electrons. The number of rotatable bonds is 4. The summed E-state index contributed by atoms with van der Waals surface area (Å²) in [6, 6.07) is 19.0. The molecule has 0 aliphatic carbocycles. The van der Waals surface area contributed by atoms with Crippen LogP contribution < -0.4 is 4.74 Å². The van der Waals surface area contributed by atoms with Crippen molar-refractivity contribution in [1.82, 2.24) is 4.90 Å². The molecule has 0 spiro atoms. The summed E-state index contributed by atoms with van der Waals surface area (Å²) in [6.45, 7) is 2.31. The van der Waals surface area contributed by atoms with Crippen molar-refractivity contribution in [2.75, 3.05) is 13.7 Å². The van der Waals surface area contributed by atoms with Crippen molar-refractivity contribution in [3.8, 4) is 5.75 Å². The Morgan fingerprint density at radius 2 is 2.04 bits per heavy atom. The van der Waals surface area contributed by atoms with E-state index in [-0.39, 0.29) is 5.97 Å². The van der Waals surface area contributed by atoms with Gasteiger partial charge in [-0.2, -0.15) is 0 Å². The molecule has 3 aromatic rings. The second-order valence-electron chi connectivity index (χ2n) is 7.24. The molecule has 27 heavy (non-hydrogen) atoms. The van der Waals surface area contributed by atoms with Crippen LogP contribution in [0.4, 0.5) is 0 Å². The maximum Gasteiger partial charge on any atom is 0.339 e. The number of ether oxygens (including phenoxy) is 2. The Morgan fingerprint density at radius 3 is 2.85 bits per heavy atom. The lowest BCUT2D eigenvalue weighted by Gasteiger charge is -2.41. The maximum absolute atomic E-state index is 12.1. The third kappa shape index (κ3) is 2.68. The van der Waals surface area contributed by atoms with Gasteiger partial charge in [-0.1, -0.05) is 36.4 Å². The second-order valence-corrected chi connectivity index (χ2v) is 7.24. The van der Waals surface area contributed by atoms with Crippen molar-refractivity contribution < 1.29 is 14.3 Å². The van der Waals surface area contributed by atoms with Crippen LogP contribution in [0.1, 0.15) is 39.5 Å². The number of cyclic esters (lactones) is 1. The second kappa shape index (κ2) is 6.39. The number of benzene rings is 3. The molecule has 2 aliphatic rings. The molecule has 1 unspecified atom stereocenters. The first kappa shape index (κ1) is 16.3. The van der Waals surface area contributed by atoms with E-state index in [0.29, 0.717) is 18.2 Å². The summed E-state index contributed by atoms with van der Waals surface area (Å²) >= 11 is 0. The zero-order valence-electron chi connectivity index (χ0n) is 15.3. The molecule has 1 atom stereocenters. The third-order valence-electron chi connectivity index (χ3n) is 5.78. The lowest BCUT2D eigenvalue weighted by atomic mass is 9.91. The third-order valence-corrected chi connectivity index (χ3v) is 5.78. The largest absolute Gasteiger partial charge is 0.497 e. The Bertz CT molecular complexity index is 1040. The van der Waals surface area contributed by atoms with Gasteiger partial charge in [0, 0.05) is 24.5 Å². The molecule has 1 fully saturated rings. The summed E-state index contributed by atoms with van der Waals surface area (Å²) in [7, 11) is 1.71. The fourth-order valence-corrected chi connectivity index (χ4v) is 4.26. The monoisotopic (exact) mass is 359 g/mol. The molecular formula is C23H21NO3. The number of carbonyl (C=O) groups is 1. The zero-order valence-corrected chi connectivity index (χ0v) is 15.3. The first-order valence-corrected chi connectivity index (χ1v) is 9.33. The van der Waals surface area contributed by atoms with Crippen molar-refractivity contribution in [2.45, 2.75) is 25.6 Å². The molecule has 0 bridgehead atoms. The molecule has 3 aromatic carbocycles. The van der Waals surface area contributed by atoms with E-state index in [2.05, 4.69) is 41.3 Å². The van der Waals surface area contributed by atoms with Crippen LogP contribution in [0.3, 0.4) is 0 Å². The molecule has 0 N–H and O–H groups in total. The summed E-state index contributed by atoms with van der Waals surface area (Å²) in [4.78, 5) is 14.6. The van der Waals surface area contributed by atoms with E-state index in [0.717, 1.165) is 41.6 Å². The van der Waals surface area contributed by atoms with Gasteiger partial charge in [-0.3, -0.25) is 4.90 Å². The van der Waals surface area contributed by atoms with Crippen LogP contribution in [0.15, 0.2) is 54.6 Å². The van der Waals surface area contributed by atoms with Gasteiger partial charge in [-0.15, -0.1) is 0 Å². The van der Waals surface area contributed by atoms with Gasteiger partial charge in [0.25, 0.3) is 0 Å².